The topological polar surface area (TPSA) is 47.6 Å². The van der Waals surface area contributed by atoms with Gasteiger partial charge in [-0.1, -0.05) is 27.5 Å². The summed E-state index contributed by atoms with van der Waals surface area (Å²) in [5.74, 6) is 1.07. The molecule has 6 heteroatoms. The first-order valence-corrected chi connectivity index (χ1v) is 8.32. The minimum absolute atomic E-state index is 0.118. The molecule has 0 bridgehead atoms. The Labute approximate surface area is 147 Å². The largest absolute Gasteiger partial charge is 0.496 e. The highest BCUT2D eigenvalue weighted by Crippen LogP contribution is 2.34. The van der Waals surface area contributed by atoms with Gasteiger partial charge in [0, 0.05) is 21.5 Å². The van der Waals surface area contributed by atoms with E-state index >= 15 is 0 Å². The molecule has 2 aromatic carbocycles. The van der Waals surface area contributed by atoms with Crippen LogP contribution < -0.4 is 14.8 Å². The molecule has 3 rings (SSSR count). The summed E-state index contributed by atoms with van der Waals surface area (Å²) < 4.78 is 11.8. The number of fused-ring (bicyclic) bond motifs is 1. The summed E-state index contributed by atoms with van der Waals surface area (Å²) in [4.78, 5) is 12.6. The fourth-order valence-corrected chi connectivity index (χ4v) is 3.16. The van der Waals surface area contributed by atoms with Gasteiger partial charge in [0.25, 0.3) is 5.91 Å². The summed E-state index contributed by atoms with van der Waals surface area (Å²) in [7, 11) is 1.53. The van der Waals surface area contributed by atoms with E-state index in [0.717, 1.165) is 15.8 Å². The summed E-state index contributed by atoms with van der Waals surface area (Å²) in [5, 5.41) is 3.53. The number of nitrogens with one attached hydrogen (secondary N) is 1. The molecular weight excluding hydrogens is 382 g/mol. The van der Waals surface area contributed by atoms with Crippen LogP contribution in [0.5, 0.6) is 11.5 Å². The monoisotopic (exact) mass is 395 g/mol. The van der Waals surface area contributed by atoms with Gasteiger partial charge in [-0.3, -0.25) is 4.79 Å². The maximum Gasteiger partial charge on any atom is 0.255 e. The van der Waals surface area contributed by atoms with Gasteiger partial charge < -0.3 is 14.8 Å². The van der Waals surface area contributed by atoms with Crippen molar-refractivity contribution >= 4 is 33.4 Å². The molecular formula is C17H15BrClNO3. The third-order valence-electron chi connectivity index (χ3n) is 3.72. The van der Waals surface area contributed by atoms with Gasteiger partial charge in [-0.15, -0.1) is 0 Å². The number of methoxy groups -OCH3 is 1. The summed E-state index contributed by atoms with van der Waals surface area (Å²) >= 11 is 9.46. The molecule has 2 aromatic rings. The first-order valence-electron chi connectivity index (χ1n) is 7.15. The van der Waals surface area contributed by atoms with Crippen LogP contribution in [0.1, 0.15) is 28.4 Å². The number of hydrogen-bond acceptors (Lipinski definition) is 3. The van der Waals surface area contributed by atoms with Crippen molar-refractivity contribution in [1.29, 1.82) is 0 Å². The lowest BCUT2D eigenvalue weighted by molar-refractivity contribution is 0.0921. The first kappa shape index (κ1) is 16.1. The molecule has 1 aliphatic heterocycles. The molecule has 1 unspecified atom stereocenters. The Morgan fingerprint density at radius 1 is 1.35 bits per heavy atom. The number of benzene rings is 2. The average molecular weight is 397 g/mol. The second kappa shape index (κ2) is 6.81. The molecule has 1 N–H and O–H groups in total. The molecule has 1 amide bonds. The molecule has 120 valence electrons. The zero-order chi connectivity index (χ0) is 16.4. The Morgan fingerprint density at radius 3 is 2.96 bits per heavy atom. The Kier molecular flexibility index (Phi) is 4.78. The summed E-state index contributed by atoms with van der Waals surface area (Å²) in [6, 6.07) is 10.7. The van der Waals surface area contributed by atoms with Gasteiger partial charge in [-0.25, -0.2) is 0 Å². The van der Waals surface area contributed by atoms with Crippen molar-refractivity contribution in [3.05, 3.63) is 57.0 Å². The quantitative estimate of drug-likeness (QED) is 0.838. The number of amides is 1. The second-order valence-electron chi connectivity index (χ2n) is 5.19. The van der Waals surface area contributed by atoms with Gasteiger partial charge in [0.2, 0.25) is 0 Å². The van der Waals surface area contributed by atoms with E-state index in [1.54, 1.807) is 18.2 Å². The van der Waals surface area contributed by atoms with Crippen molar-refractivity contribution in [3.63, 3.8) is 0 Å². The Morgan fingerprint density at radius 2 is 2.17 bits per heavy atom. The lowest BCUT2D eigenvalue weighted by Crippen LogP contribution is -2.32. The molecule has 0 spiro atoms. The van der Waals surface area contributed by atoms with Crippen molar-refractivity contribution in [2.45, 2.75) is 12.5 Å². The highest BCUT2D eigenvalue weighted by molar-refractivity contribution is 9.10. The highest BCUT2D eigenvalue weighted by Gasteiger charge is 2.25. The number of ether oxygens (including phenoxy) is 2. The van der Waals surface area contributed by atoms with Crippen molar-refractivity contribution < 1.29 is 14.3 Å². The molecule has 0 fully saturated rings. The van der Waals surface area contributed by atoms with Crippen LogP contribution in [0.25, 0.3) is 0 Å². The molecule has 0 aliphatic carbocycles. The summed E-state index contributed by atoms with van der Waals surface area (Å²) in [6.07, 6.45) is 0.706. The van der Waals surface area contributed by atoms with Crippen molar-refractivity contribution in [1.82, 2.24) is 5.32 Å². The van der Waals surface area contributed by atoms with Gasteiger partial charge in [-0.2, -0.15) is 0 Å². The molecule has 0 radical (unpaired) electrons. The molecule has 1 atom stereocenters. The smallest absolute Gasteiger partial charge is 0.255 e. The molecule has 4 nitrogen and oxygen atoms in total. The van der Waals surface area contributed by atoms with Crippen LogP contribution in [0.3, 0.4) is 0 Å². The average Bonchev–Trinajstić information content (AvgIpc) is 2.55. The van der Waals surface area contributed by atoms with Crippen LogP contribution in [-0.4, -0.2) is 19.6 Å². The molecule has 0 saturated carbocycles. The van der Waals surface area contributed by atoms with Crippen LogP contribution in [-0.2, 0) is 0 Å². The Bertz CT molecular complexity index is 751. The van der Waals surface area contributed by atoms with Crippen LogP contribution in [0.15, 0.2) is 40.9 Å². The normalized spacial score (nSPS) is 16.2. The standard InChI is InChI=1S/C17H15BrClNO3/c1-22-15-5-3-11(19)9-13(15)17(21)20-14-6-7-23-16-4-2-10(18)8-12(14)16/h2-5,8-9,14H,6-7H2,1H3,(H,20,21). The predicted molar refractivity (Wildman–Crippen MR) is 92.5 cm³/mol. The van der Waals surface area contributed by atoms with Gasteiger partial charge in [0.1, 0.15) is 11.5 Å². The van der Waals surface area contributed by atoms with Crippen LogP contribution >= 0.6 is 27.5 Å². The number of carbonyl (C=O) groups excluding carboxylic acids is 1. The van der Waals surface area contributed by atoms with Gasteiger partial charge in [0.15, 0.2) is 0 Å². The van der Waals surface area contributed by atoms with E-state index in [9.17, 15) is 4.79 Å². The van der Waals surface area contributed by atoms with E-state index in [-0.39, 0.29) is 11.9 Å². The van der Waals surface area contributed by atoms with Crippen molar-refractivity contribution in [2.24, 2.45) is 0 Å². The Balaban J connectivity index is 1.87. The van der Waals surface area contributed by atoms with Crippen LogP contribution in [0, 0.1) is 0 Å². The van der Waals surface area contributed by atoms with Gasteiger partial charge in [0.05, 0.1) is 25.3 Å². The minimum Gasteiger partial charge on any atom is -0.496 e. The van der Waals surface area contributed by atoms with E-state index in [4.69, 9.17) is 21.1 Å². The van der Waals surface area contributed by atoms with Crippen molar-refractivity contribution in [2.75, 3.05) is 13.7 Å². The van der Waals surface area contributed by atoms with Crippen LogP contribution in [0.2, 0.25) is 5.02 Å². The molecule has 1 aliphatic rings. The lowest BCUT2D eigenvalue weighted by atomic mass is 10.00. The Hall–Kier alpha value is -1.72. The summed E-state index contributed by atoms with van der Waals surface area (Å²) in [6.45, 7) is 0.562. The molecule has 0 saturated heterocycles. The highest BCUT2D eigenvalue weighted by atomic mass is 79.9. The van der Waals surface area contributed by atoms with E-state index in [1.807, 2.05) is 18.2 Å². The number of carbonyl (C=O) groups is 1. The first-order chi connectivity index (χ1) is 11.1. The van der Waals surface area contributed by atoms with E-state index in [0.29, 0.717) is 29.4 Å². The maximum atomic E-state index is 12.6. The third-order valence-corrected chi connectivity index (χ3v) is 4.45. The summed E-state index contributed by atoms with van der Waals surface area (Å²) in [5.41, 5.74) is 1.38. The maximum absolute atomic E-state index is 12.6. The lowest BCUT2D eigenvalue weighted by Gasteiger charge is -2.27. The number of hydrogen-bond donors (Lipinski definition) is 1. The van der Waals surface area contributed by atoms with E-state index in [2.05, 4.69) is 21.2 Å². The van der Waals surface area contributed by atoms with Gasteiger partial charge in [-0.05, 0) is 36.4 Å². The zero-order valence-corrected chi connectivity index (χ0v) is 14.8. The zero-order valence-electron chi connectivity index (χ0n) is 12.4. The van der Waals surface area contributed by atoms with E-state index < -0.39 is 0 Å². The number of halogens is 2. The fourth-order valence-electron chi connectivity index (χ4n) is 2.61. The molecule has 0 aromatic heterocycles. The minimum atomic E-state index is -0.220. The predicted octanol–water partition coefficient (Wildman–Crippen LogP) is 4.36. The van der Waals surface area contributed by atoms with Crippen LogP contribution in [0.4, 0.5) is 0 Å². The number of rotatable bonds is 3. The SMILES string of the molecule is COc1ccc(Cl)cc1C(=O)NC1CCOc2ccc(Br)cc21. The third kappa shape index (κ3) is 3.46. The van der Waals surface area contributed by atoms with Gasteiger partial charge >= 0.3 is 0 Å². The molecule has 23 heavy (non-hydrogen) atoms. The van der Waals surface area contributed by atoms with Crippen molar-refractivity contribution in [3.8, 4) is 11.5 Å². The fraction of sp³-hybridized carbons (Fsp3) is 0.235. The second-order valence-corrected chi connectivity index (χ2v) is 6.54. The van der Waals surface area contributed by atoms with E-state index in [1.165, 1.54) is 7.11 Å². The molecule has 1 heterocycles.